The van der Waals surface area contributed by atoms with Crippen LogP contribution in [0.25, 0.3) is 0 Å². The number of rotatable bonds is 2. The average molecular weight is 249 g/mol. The summed E-state index contributed by atoms with van der Waals surface area (Å²) in [5.74, 6) is -0.249. The maximum absolute atomic E-state index is 11.6. The van der Waals surface area contributed by atoms with Crippen LogP contribution in [0.1, 0.15) is 23.3 Å². The van der Waals surface area contributed by atoms with Gasteiger partial charge in [0.1, 0.15) is 10.8 Å². The lowest BCUT2D eigenvalue weighted by Crippen LogP contribution is -2.46. The van der Waals surface area contributed by atoms with Gasteiger partial charge in [0.2, 0.25) is 0 Å². The number of carbonyl (C=O) groups excluding carboxylic acids is 1. The second kappa shape index (κ2) is 4.04. The number of aromatic amines is 1. The molecule has 1 heterocycles. The number of H-pyrrole nitrogens is 1. The molecular formula is C9H10Cl2N2O2. The Morgan fingerprint density at radius 2 is 2.20 bits per heavy atom. The summed E-state index contributed by atoms with van der Waals surface area (Å²) in [6.45, 7) is 0. The van der Waals surface area contributed by atoms with E-state index in [0.29, 0.717) is 23.6 Å². The molecule has 0 radical (unpaired) electrons. The average Bonchev–Trinajstić information content (AvgIpc) is 2.44. The molecule has 0 bridgehead atoms. The van der Waals surface area contributed by atoms with Gasteiger partial charge in [0.15, 0.2) is 0 Å². The molecule has 1 aliphatic carbocycles. The van der Waals surface area contributed by atoms with Crippen LogP contribution in [0, 0.1) is 0 Å². The topological polar surface area (TPSA) is 65.1 Å². The Balaban J connectivity index is 1.96. The minimum atomic E-state index is -0.286. The van der Waals surface area contributed by atoms with E-state index in [1.165, 1.54) is 6.07 Å². The summed E-state index contributed by atoms with van der Waals surface area (Å²) in [4.78, 5) is 14.2. The van der Waals surface area contributed by atoms with Crippen molar-refractivity contribution >= 4 is 29.1 Å². The molecule has 82 valence electrons. The van der Waals surface area contributed by atoms with Gasteiger partial charge in [-0.2, -0.15) is 0 Å². The predicted octanol–water partition coefficient (Wildman–Crippen LogP) is 1.57. The van der Waals surface area contributed by atoms with Gasteiger partial charge in [-0.15, -0.1) is 0 Å². The van der Waals surface area contributed by atoms with Crippen molar-refractivity contribution in [2.24, 2.45) is 0 Å². The highest BCUT2D eigenvalue weighted by Crippen LogP contribution is 2.23. The van der Waals surface area contributed by atoms with Gasteiger partial charge in [0.05, 0.1) is 11.1 Å². The van der Waals surface area contributed by atoms with Crippen molar-refractivity contribution in [3.63, 3.8) is 0 Å². The monoisotopic (exact) mass is 248 g/mol. The SMILES string of the molecule is O=C(NC1CC(O)C1)c1cc(Cl)c(Cl)[nH]1. The van der Waals surface area contributed by atoms with E-state index in [-0.39, 0.29) is 23.2 Å². The van der Waals surface area contributed by atoms with E-state index in [2.05, 4.69) is 10.3 Å². The van der Waals surface area contributed by atoms with Gasteiger partial charge in [-0.25, -0.2) is 0 Å². The van der Waals surface area contributed by atoms with E-state index in [0.717, 1.165) is 0 Å². The Labute approximate surface area is 96.6 Å². The van der Waals surface area contributed by atoms with E-state index in [4.69, 9.17) is 28.3 Å². The minimum Gasteiger partial charge on any atom is -0.393 e. The highest BCUT2D eigenvalue weighted by atomic mass is 35.5. The smallest absolute Gasteiger partial charge is 0.268 e. The first-order chi connectivity index (χ1) is 7.06. The Morgan fingerprint density at radius 3 is 2.67 bits per heavy atom. The van der Waals surface area contributed by atoms with Crippen molar-refractivity contribution in [2.75, 3.05) is 0 Å². The van der Waals surface area contributed by atoms with Crippen molar-refractivity contribution < 1.29 is 9.90 Å². The number of amides is 1. The molecule has 15 heavy (non-hydrogen) atoms. The van der Waals surface area contributed by atoms with E-state index in [1.54, 1.807) is 0 Å². The first kappa shape index (κ1) is 10.8. The summed E-state index contributed by atoms with van der Waals surface area (Å²) in [7, 11) is 0. The fourth-order valence-corrected chi connectivity index (χ4v) is 1.81. The van der Waals surface area contributed by atoms with Crippen molar-refractivity contribution in [3.05, 3.63) is 21.9 Å². The van der Waals surface area contributed by atoms with E-state index in [1.807, 2.05) is 0 Å². The highest BCUT2D eigenvalue weighted by Gasteiger charge is 2.29. The number of aromatic nitrogens is 1. The molecule has 1 saturated carbocycles. The third-order valence-corrected chi connectivity index (χ3v) is 3.11. The lowest BCUT2D eigenvalue weighted by Gasteiger charge is -2.31. The number of aliphatic hydroxyl groups is 1. The zero-order chi connectivity index (χ0) is 11.0. The molecule has 1 aromatic rings. The second-order valence-corrected chi connectivity index (χ2v) is 4.43. The molecular weight excluding hydrogens is 239 g/mol. The summed E-state index contributed by atoms with van der Waals surface area (Å²) < 4.78 is 0. The van der Waals surface area contributed by atoms with E-state index in [9.17, 15) is 4.79 Å². The molecule has 3 N–H and O–H groups in total. The Kier molecular flexibility index (Phi) is 2.91. The largest absolute Gasteiger partial charge is 0.393 e. The molecule has 0 aromatic carbocycles. The third-order valence-electron chi connectivity index (χ3n) is 2.42. The standard InChI is InChI=1S/C9H10Cl2N2O2/c10-6-3-7(13-8(6)11)9(15)12-4-1-5(14)2-4/h3-5,13-14H,1-2H2,(H,12,15). The van der Waals surface area contributed by atoms with Crippen LogP contribution in [-0.4, -0.2) is 28.1 Å². The van der Waals surface area contributed by atoms with Gasteiger partial charge in [-0.1, -0.05) is 23.2 Å². The maximum atomic E-state index is 11.6. The molecule has 0 saturated heterocycles. The molecule has 1 aromatic heterocycles. The molecule has 1 fully saturated rings. The Bertz CT molecular complexity index is 366. The summed E-state index contributed by atoms with van der Waals surface area (Å²) in [6.07, 6.45) is 0.924. The number of carbonyl (C=O) groups is 1. The third kappa shape index (κ3) is 2.27. The number of nitrogens with one attached hydrogen (secondary N) is 2. The van der Waals surface area contributed by atoms with Crippen LogP contribution in [0.3, 0.4) is 0 Å². The number of hydrogen-bond acceptors (Lipinski definition) is 2. The fraction of sp³-hybridized carbons (Fsp3) is 0.444. The molecule has 2 rings (SSSR count). The number of halogens is 2. The molecule has 6 heteroatoms. The van der Waals surface area contributed by atoms with Crippen molar-refractivity contribution in [1.29, 1.82) is 0 Å². The molecule has 1 aliphatic rings. The maximum Gasteiger partial charge on any atom is 0.268 e. The zero-order valence-corrected chi connectivity index (χ0v) is 9.27. The first-order valence-electron chi connectivity index (χ1n) is 4.59. The predicted molar refractivity (Wildman–Crippen MR) is 57.3 cm³/mol. The molecule has 0 unspecified atom stereocenters. The summed E-state index contributed by atoms with van der Waals surface area (Å²) >= 11 is 11.4. The Hall–Kier alpha value is -0.710. The highest BCUT2D eigenvalue weighted by molar-refractivity contribution is 6.41. The Morgan fingerprint density at radius 1 is 1.53 bits per heavy atom. The molecule has 4 nitrogen and oxygen atoms in total. The quantitative estimate of drug-likeness (QED) is 0.744. The molecule has 0 spiro atoms. The van der Waals surface area contributed by atoms with Gasteiger partial charge in [0.25, 0.3) is 5.91 Å². The molecule has 0 atom stereocenters. The summed E-state index contributed by atoms with van der Waals surface area (Å²) in [5, 5.41) is 12.4. The first-order valence-corrected chi connectivity index (χ1v) is 5.35. The van der Waals surface area contributed by atoms with Crippen LogP contribution < -0.4 is 5.32 Å². The van der Waals surface area contributed by atoms with Crippen LogP contribution in [0.2, 0.25) is 10.2 Å². The van der Waals surface area contributed by atoms with Crippen LogP contribution >= 0.6 is 23.2 Å². The zero-order valence-electron chi connectivity index (χ0n) is 7.76. The van der Waals surface area contributed by atoms with Crippen LogP contribution in [0.4, 0.5) is 0 Å². The van der Waals surface area contributed by atoms with E-state index >= 15 is 0 Å². The van der Waals surface area contributed by atoms with Gasteiger partial charge in [-0.3, -0.25) is 4.79 Å². The summed E-state index contributed by atoms with van der Waals surface area (Å²) in [5.41, 5.74) is 0.339. The van der Waals surface area contributed by atoms with Crippen molar-refractivity contribution in [3.8, 4) is 0 Å². The lowest BCUT2D eigenvalue weighted by atomic mass is 9.89. The van der Waals surface area contributed by atoms with Crippen LogP contribution in [0.15, 0.2) is 6.07 Å². The van der Waals surface area contributed by atoms with Gasteiger partial charge < -0.3 is 15.4 Å². The second-order valence-electron chi connectivity index (χ2n) is 3.64. The van der Waals surface area contributed by atoms with Gasteiger partial charge >= 0.3 is 0 Å². The van der Waals surface area contributed by atoms with Crippen molar-refractivity contribution in [2.45, 2.75) is 25.0 Å². The van der Waals surface area contributed by atoms with E-state index < -0.39 is 0 Å². The van der Waals surface area contributed by atoms with Gasteiger partial charge in [-0.05, 0) is 18.9 Å². The molecule has 0 aliphatic heterocycles. The minimum absolute atomic E-state index is 0.0494. The van der Waals surface area contributed by atoms with Crippen LogP contribution in [-0.2, 0) is 0 Å². The van der Waals surface area contributed by atoms with Gasteiger partial charge in [0, 0.05) is 6.04 Å². The number of aliphatic hydroxyl groups excluding tert-OH is 1. The lowest BCUT2D eigenvalue weighted by molar-refractivity contribution is 0.0561. The van der Waals surface area contributed by atoms with Crippen molar-refractivity contribution in [1.82, 2.24) is 10.3 Å². The van der Waals surface area contributed by atoms with Crippen LogP contribution in [0.5, 0.6) is 0 Å². The normalized spacial score (nSPS) is 24.7. The number of hydrogen-bond donors (Lipinski definition) is 3. The molecule has 1 amide bonds. The fourth-order valence-electron chi connectivity index (χ4n) is 1.50. The summed E-state index contributed by atoms with van der Waals surface area (Å²) in [6, 6.07) is 1.53.